The normalized spacial score (nSPS) is 27.7. The fourth-order valence-electron chi connectivity index (χ4n) is 8.99. The molecule has 232 valence electrons. The number of benzene rings is 2. The predicted molar refractivity (Wildman–Crippen MR) is 173 cm³/mol. The van der Waals surface area contributed by atoms with Gasteiger partial charge in [-0.05, 0) is 79.1 Å². The van der Waals surface area contributed by atoms with E-state index in [1.165, 1.54) is 69.6 Å². The summed E-state index contributed by atoms with van der Waals surface area (Å²) in [7, 11) is 0. The number of fused-ring (bicyclic) bond motifs is 3. The number of allylic oxidation sites excluding steroid dienone is 4. The van der Waals surface area contributed by atoms with E-state index in [1.807, 2.05) is 0 Å². The van der Waals surface area contributed by atoms with Crippen molar-refractivity contribution >= 4 is 4.21 Å². The Morgan fingerprint density at radius 3 is 1.86 bits per heavy atom. The van der Waals surface area contributed by atoms with E-state index in [0.717, 1.165) is 24.2 Å². The van der Waals surface area contributed by atoms with Crippen LogP contribution in [0, 0.1) is 41.2 Å². The third-order valence-corrected chi connectivity index (χ3v) is 10.6. The SMILES string of the molecule is CC(C)(C)c1c[c-]c2c(c1)-c1cc(C(C)(C)C)ccc1C2.CC1=[C-]C(C)C=C1CC12CC3CC(CC(C3)C1)C2.[CH2]=[Zr+2].[Cl-].[Cl-]. The summed E-state index contributed by atoms with van der Waals surface area (Å²) in [5.41, 5.74) is 12.6. The standard InChI is InChI=1S/C21H25.C18H25.CH2.2ClH.Zr/c1-20(2,3)16-9-7-14-11-15-8-10-17(21(4,5)6)13-19(15)18(14)12-16;1-12-3-13(2)17(4-12)11-18-8-14-5-15(9-18)7-16(6-14)10-18;;;;/h7,9-10,12-13H,11H2,1-6H3;4,12,14-16H,5-11H2,1-2H3;1H2;2*1H;/q2*-1;;;;+2/p-2. The van der Waals surface area contributed by atoms with Gasteiger partial charge in [-0.1, -0.05) is 102 Å². The van der Waals surface area contributed by atoms with Gasteiger partial charge in [0.1, 0.15) is 0 Å². The first-order chi connectivity index (χ1) is 19.3. The Hall–Kier alpha value is -0.747. The molecule has 1 unspecified atom stereocenters. The van der Waals surface area contributed by atoms with Crippen molar-refractivity contribution in [1.29, 1.82) is 0 Å². The molecule has 4 saturated carbocycles. The van der Waals surface area contributed by atoms with Gasteiger partial charge in [-0.15, -0.1) is 5.56 Å². The van der Waals surface area contributed by atoms with Crippen molar-refractivity contribution in [3.05, 3.63) is 82.0 Å². The zero-order valence-corrected chi connectivity index (χ0v) is 31.9. The molecule has 0 saturated heterocycles. The molecular formula is C40H52Cl2Zr-2. The van der Waals surface area contributed by atoms with Gasteiger partial charge in [0.15, 0.2) is 0 Å². The van der Waals surface area contributed by atoms with Gasteiger partial charge in [0.2, 0.25) is 0 Å². The Bertz CT molecular complexity index is 1250. The molecule has 3 heteroatoms. The molecule has 0 aliphatic heterocycles. The van der Waals surface area contributed by atoms with Gasteiger partial charge in [-0.3, -0.25) is 6.08 Å². The molecule has 4 fully saturated rings. The van der Waals surface area contributed by atoms with Gasteiger partial charge in [0, 0.05) is 0 Å². The first-order valence-corrected chi connectivity index (χ1v) is 17.9. The van der Waals surface area contributed by atoms with Crippen LogP contribution in [-0.2, 0) is 41.5 Å². The summed E-state index contributed by atoms with van der Waals surface area (Å²) in [5.74, 6) is 3.82. The van der Waals surface area contributed by atoms with Gasteiger partial charge in [0.05, 0.1) is 0 Å². The van der Waals surface area contributed by atoms with E-state index in [2.05, 4.69) is 108 Å². The van der Waals surface area contributed by atoms with Crippen LogP contribution < -0.4 is 24.8 Å². The number of hydrogen-bond acceptors (Lipinski definition) is 0. The minimum Gasteiger partial charge on any atom is -1.00 e. The molecule has 4 bridgehead atoms. The maximum atomic E-state index is 3.57. The van der Waals surface area contributed by atoms with E-state index in [4.69, 9.17) is 0 Å². The molecule has 43 heavy (non-hydrogen) atoms. The molecule has 0 aromatic heterocycles. The van der Waals surface area contributed by atoms with Crippen molar-refractivity contribution in [3.63, 3.8) is 0 Å². The van der Waals surface area contributed by atoms with Crippen molar-refractivity contribution in [3.8, 4) is 11.1 Å². The Balaban J connectivity index is 0.000000215. The molecule has 0 amide bonds. The monoisotopic (exact) mass is 692 g/mol. The van der Waals surface area contributed by atoms with Crippen LogP contribution in [0.5, 0.6) is 0 Å². The van der Waals surface area contributed by atoms with Crippen LogP contribution in [0.1, 0.15) is 123 Å². The summed E-state index contributed by atoms with van der Waals surface area (Å²) >= 11 is 1.30. The van der Waals surface area contributed by atoms with Gasteiger partial charge < -0.3 is 24.8 Å². The smallest absolute Gasteiger partial charge is 1.00 e. The number of hydrogen-bond donors (Lipinski definition) is 0. The van der Waals surface area contributed by atoms with Crippen LogP contribution >= 0.6 is 0 Å². The largest absolute Gasteiger partial charge is 1.00 e. The maximum absolute atomic E-state index is 3.57. The molecule has 8 rings (SSSR count). The zero-order chi connectivity index (χ0) is 29.7. The summed E-state index contributed by atoms with van der Waals surface area (Å²) in [5, 5.41) is 0. The van der Waals surface area contributed by atoms with Crippen molar-refractivity contribution in [2.45, 2.75) is 118 Å². The second-order valence-corrected chi connectivity index (χ2v) is 16.2. The van der Waals surface area contributed by atoms with E-state index >= 15 is 0 Å². The molecular weight excluding hydrogens is 643 g/mol. The molecule has 0 heterocycles. The Kier molecular flexibility index (Phi) is 11.9. The van der Waals surface area contributed by atoms with E-state index in [0.29, 0.717) is 11.3 Å². The second-order valence-electron chi connectivity index (χ2n) is 16.2. The molecule has 0 nitrogen and oxygen atoms in total. The van der Waals surface area contributed by atoms with E-state index in [9.17, 15) is 0 Å². The van der Waals surface area contributed by atoms with Gasteiger partial charge in [-0.25, -0.2) is 5.57 Å². The molecule has 2 aromatic rings. The predicted octanol–water partition coefficient (Wildman–Crippen LogP) is 4.54. The molecule has 6 aliphatic rings. The fraction of sp³-hybridized carbons (Fsp3) is 0.575. The molecule has 0 spiro atoms. The Morgan fingerprint density at radius 2 is 1.37 bits per heavy atom. The number of rotatable bonds is 2. The van der Waals surface area contributed by atoms with Crippen LogP contribution in [0.4, 0.5) is 0 Å². The second kappa shape index (κ2) is 13.9. The zero-order valence-electron chi connectivity index (χ0n) is 27.9. The summed E-state index contributed by atoms with van der Waals surface area (Å²) in [6.07, 6.45) is 17.8. The fourth-order valence-corrected chi connectivity index (χ4v) is 8.99. The summed E-state index contributed by atoms with van der Waals surface area (Å²) in [6, 6.07) is 15.1. The summed E-state index contributed by atoms with van der Waals surface area (Å²) < 4.78 is 3.34. The van der Waals surface area contributed by atoms with Gasteiger partial charge >= 0.3 is 28.4 Å². The third kappa shape index (κ3) is 7.98. The van der Waals surface area contributed by atoms with Gasteiger partial charge in [0.25, 0.3) is 0 Å². The Morgan fingerprint density at radius 1 is 0.837 bits per heavy atom. The topological polar surface area (TPSA) is 0 Å². The molecule has 0 radical (unpaired) electrons. The van der Waals surface area contributed by atoms with E-state index < -0.39 is 0 Å². The first-order valence-electron chi connectivity index (χ1n) is 16.1. The number of halogens is 2. The minimum absolute atomic E-state index is 0. The summed E-state index contributed by atoms with van der Waals surface area (Å²) in [6.45, 7) is 18.2. The van der Waals surface area contributed by atoms with E-state index in [-0.39, 0.29) is 35.6 Å². The quantitative estimate of drug-likeness (QED) is 0.346. The average Bonchev–Trinajstić information content (AvgIpc) is 3.40. The Labute approximate surface area is 291 Å². The van der Waals surface area contributed by atoms with Crippen molar-refractivity contribution in [2.24, 2.45) is 29.1 Å². The molecule has 2 aromatic carbocycles. The summed E-state index contributed by atoms with van der Waals surface area (Å²) in [4.78, 5) is 0. The van der Waals surface area contributed by atoms with Crippen molar-refractivity contribution < 1.29 is 49.0 Å². The van der Waals surface area contributed by atoms with E-state index in [1.54, 1.807) is 44.1 Å². The maximum Gasteiger partial charge on any atom is -1.00 e. The average molecular weight is 695 g/mol. The van der Waals surface area contributed by atoms with Crippen LogP contribution in [0.15, 0.2) is 47.6 Å². The minimum atomic E-state index is 0. The molecule has 6 aliphatic carbocycles. The van der Waals surface area contributed by atoms with Crippen molar-refractivity contribution in [2.75, 3.05) is 0 Å². The van der Waals surface area contributed by atoms with Crippen LogP contribution in [0.2, 0.25) is 0 Å². The van der Waals surface area contributed by atoms with Crippen molar-refractivity contribution in [1.82, 2.24) is 0 Å². The van der Waals surface area contributed by atoms with Crippen LogP contribution in [-0.4, -0.2) is 4.21 Å². The third-order valence-electron chi connectivity index (χ3n) is 10.6. The van der Waals surface area contributed by atoms with Crippen LogP contribution in [0.25, 0.3) is 11.1 Å². The molecule has 0 N–H and O–H groups in total. The molecule has 1 atom stereocenters. The van der Waals surface area contributed by atoms with Crippen LogP contribution in [0.3, 0.4) is 0 Å². The van der Waals surface area contributed by atoms with Gasteiger partial charge in [-0.2, -0.15) is 41.0 Å². The first kappa shape index (κ1) is 36.7.